The quantitative estimate of drug-likeness (QED) is 0.399. The number of benzene rings is 2. The second kappa shape index (κ2) is 10.3. The molecule has 6 nitrogen and oxygen atoms in total. The number of hydrogen-bond acceptors (Lipinski definition) is 4. The van der Waals surface area contributed by atoms with Crippen molar-refractivity contribution in [2.24, 2.45) is 5.92 Å². The molecule has 0 spiro atoms. The average Bonchev–Trinajstić information content (AvgIpc) is 3.61. The largest absolute Gasteiger partial charge is 0.491 e. The topological polar surface area (TPSA) is 84.9 Å². The van der Waals surface area contributed by atoms with E-state index in [1.807, 2.05) is 0 Å². The van der Waals surface area contributed by atoms with Crippen LogP contribution in [0.2, 0.25) is 0 Å². The van der Waals surface area contributed by atoms with Gasteiger partial charge in [0.1, 0.15) is 23.4 Å². The van der Waals surface area contributed by atoms with Crippen LogP contribution in [0.1, 0.15) is 89.8 Å². The van der Waals surface area contributed by atoms with Crippen LogP contribution in [-0.4, -0.2) is 29.4 Å². The lowest BCUT2D eigenvalue weighted by Crippen LogP contribution is -2.40. The summed E-state index contributed by atoms with van der Waals surface area (Å²) in [5.41, 5.74) is 0.967. The Labute approximate surface area is 209 Å². The van der Waals surface area contributed by atoms with Crippen LogP contribution in [0.4, 0.5) is 10.5 Å². The predicted molar refractivity (Wildman–Crippen MR) is 138 cm³/mol. The zero-order valence-corrected chi connectivity index (χ0v) is 22.0. The van der Waals surface area contributed by atoms with Gasteiger partial charge in [0.15, 0.2) is 0 Å². The van der Waals surface area contributed by atoms with Gasteiger partial charge in [-0.15, -0.1) is 0 Å². The van der Waals surface area contributed by atoms with Crippen molar-refractivity contribution >= 4 is 17.7 Å². The van der Waals surface area contributed by atoms with Gasteiger partial charge in [0.2, 0.25) is 0 Å². The lowest BCUT2D eigenvalue weighted by atomic mass is 9.82. The Morgan fingerprint density at radius 3 is 2.20 bits per heavy atom. The Morgan fingerprint density at radius 1 is 1.00 bits per heavy atom. The molecule has 6 heteroatoms. The van der Waals surface area contributed by atoms with Crippen LogP contribution < -0.4 is 10.1 Å². The second-order valence-electron chi connectivity index (χ2n) is 11.1. The third-order valence-electron chi connectivity index (χ3n) is 6.65. The van der Waals surface area contributed by atoms with Crippen molar-refractivity contribution in [2.75, 3.05) is 11.9 Å². The molecule has 3 rings (SSSR count). The van der Waals surface area contributed by atoms with Crippen molar-refractivity contribution < 1.29 is 24.2 Å². The Balaban J connectivity index is 1.95. The summed E-state index contributed by atoms with van der Waals surface area (Å²) in [5, 5.41) is 13.1. The summed E-state index contributed by atoms with van der Waals surface area (Å²) in [6.45, 7) is 13.3. The van der Waals surface area contributed by atoms with Crippen LogP contribution >= 0.6 is 0 Å². The molecule has 1 fully saturated rings. The number of carbonyl (C=O) groups is 2. The van der Waals surface area contributed by atoms with Crippen LogP contribution in [-0.2, 0) is 14.9 Å². The monoisotopic (exact) mass is 481 g/mol. The van der Waals surface area contributed by atoms with Crippen LogP contribution in [0.5, 0.6) is 5.75 Å². The highest BCUT2D eigenvalue weighted by molar-refractivity contribution is 5.90. The van der Waals surface area contributed by atoms with Crippen molar-refractivity contribution in [3.8, 4) is 5.75 Å². The van der Waals surface area contributed by atoms with Crippen LogP contribution in [0.25, 0.3) is 0 Å². The number of aliphatic carboxylic acids is 1. The maximum absolute atomic E-state index is 12.6. The third kappa shape index (κ3) is 6.36. The first-order valence-electron chi connectivity index (χ1n) is 12.4. The van der Waals surface area contributed by atoms with Gasteiger partial charge >= 0.3 is 12.1 Å². The number of hydrogen-bond donors (Lipinski definition) is 2. The van der Waals surface area contributed by atoms with Gasteiger partial charge < -0.3 is 14.6 Å². The summed E-state index contributed by atoms with van der Waals surface area (Å²) in [4.78, 5) is 25.1. The number of rotatable bonds is 9. The Bertz CT molecular complexity index is 1070. The Kier molecular flexibility index (Phi) is 7.83. The summed E-state index contributed by atoms with van der Waals surface area (Å²) in [5.74, 6) is 0.973. The molecule has 2 aromatic rings. The van der Waals surface area contributed by atoms with Crippen LogP contribution in [0, 0.1) is 5.92 Å². The van der Waals surface area contributed by atoms with E-state index in [4.69, 9.17) is 9.47 Å². The van der Waals surface area contributed by atoms with Gasteiger partial charge in [-0.1, -0.05) is 57.2 Å². The Morgan fingerprint density at radius 2 is 1.63 bits per heavy atom. The number of nitrogens with one attached hydrogen (secondary N) is 1. The molecule has 2 N–H and O–H groups in total. The highest BCUT2D eigenvalue weighted by Crippen LogP contribution is 2.47. The van der Waals surface area contributed by atoms with E-state index in [-0.39, 0.29) is 12.5 Å². The van der Waals surface area contributed by atoms with E-state index >= 15 is 0 Å². The molecule has 0 heterocycles. The SMILES string of the molecule is CC(C)c1cccc([C@H](C)C2CC2)c1OC[C@@](C)(C(=O)O)c1ccccc1NC(=O)OC(C)(C)C. The normalized spacial score (nSPS) is 16.3. The lowest BCUT2D eigenvalue weighted by Gasteiger charge is -2.30. The standard InChI is InChI=1S/C29H39NO5/c1-18(2)21-11-10-12-22(19(3)20-15-16-20)25(21)34-17-29(7,26(31)32)23-13-8-9-14-24(23)30-27(33)35-28(4,5)6/h8-14,18-20H,15-17H2,1-7H3,(H,30,33)(H,31,32)/t19-,29-/m1/s1. The third-order valence-corrected chi connectivity index (χ3v) is 6.65. The summed E-state index contributed by atoms with van der Waals surface area (Å²) >= 11 is 0. The molecular weight excluding hydrogens is 442 g/mol. The number of ether oxygens (including phenoxy) is 2. The van der Waals surface area contributed by atoms with Gasteiger partial charge in [0.05, 0.1) is 0 Å². The van der Waals surface area contributed by atoms with Gasteiger partial charge in [-0.25, -0.2) is 4.79 Å². The number of carbonyl (C=O) groups excluding carboxylic acids is 1. The van der Waals surface area contributed by atoms with Crippen molar-refractivity contribution in [2.45, 2.75) is 84.2 Å². The predicted octanol–water partition coefficient (Wildman–Crippen LogP) is 7.09. The van der Waals surface area contributed by atoms with Gasteiger partial charge in [-0.2, -0.15) is 0 Å². The molecule has 35 heavy (non-hydrogen) atoms. The van der Waals surface area contributed by atoms with E-state index in [9.17, 15) is 14.7 Å². The molecule has 0 unspecified atom stereocenters. The summed E-state index contributed by atoms with van der Waals surface area (Å²) in [6, 6.07) is 13.1. The minimum absolute atomic E-state index is 0.0799. The first kappa shape index (κ1) is 26.6. The van der Waals surface area contributed by atoms with E-state index in [0.717, 1.165) is 16.9 Å². The minimum atomic E-state index is -1.41. The summed E-state index contributed by atoms with van der Waals surface area (Å²) < 4.78 is 11.8. The first-order valence-corrected chi connectivity index (χ1v) is 12.4. The van der Waals surface area contributed by atoms with Crippen molar-refractivity contribution in [3.05, 3.63) is 59.2 Å². The average molecular weight is 482 g/mol. The zero-order valence-electron chi connectivity index (χ0n) is 22.0. The van der Waals surface area contributed by atoms with Crippen molar-refractivity contribution in [1.29, 1.82) is 0 Å². The number of carboxylic acid groups (broad SMARTS) is 1. The number of carboxylic acids is 1. The molecule has 2 atom stereocenters. The minimum Gasteiger partial charge on any atom is -0.491 e. The molecule has 1 saturated carbocycles. The van der Waals surface area contributed by atoms with Crippen LogP contribution in [0.15, 0.2) is 42.5 Å². The molecule has 1 amide bonds. The Hall–Kier alpha value is -3.02. The molecule has 2 aromatic carbocycles. The van der Waals surface area contributed by atoms with Crippen LogP contribution in [0.3, 0.4) is 0 Å². The van der Waals surface area contributed by atoms with Gasteiger partial charge in [0, 0.05) is 5.69 Å². The number of anilines is 1. The van der Waals surface area contributed by atoms with E-state index in [1.54, 1.807) is 52.0 Å². The van der Waals surface area contributed by atoms with Crippen molar-refractivity contribution in [1.82, 2.24) is 0 Å². The van der Waals surface area contributed by atoms with E-state index < -0.39 is 23.1 Å². The number of para-hydroxylation sites is 2. The lowest BCUT2D eigenvalue weighted by molar-refractivity contribution is -0.144. The highest BCUT2D eigenvalue weighted by Gasteiger charge is 2.40. The molecule has 0 aliphatic heterocycles. The van der Waals surface area contributed by atoms with Gasteiger partial charge in [-0.3, -0.25) is 10.1 Å². The highest BCUT2D eigenvalue weighted by atomic mass is 16.6. The molecule has 1 aliphatic carbocycles. The fourth-order valence-corrected chi connectivity index (χ4v) is 4.36. The summed E-state index contributed by atoms with van der Waals surface area (Å²) in [6.07, 6.45) is 1.79. The first-order chi connectivity index (χ1) is 16.3. The van der Waals surface area contributed by atoms with E-state index in [0.29, 0.717) is 23.1 Å². The number of amides is 1. The molecule has 0 aromatic heterocycles. The molecule has 0 saturated heterocycles. The smallest absolute Gasteiger partial charge is 0.412 e. The van der Waals surface area contributed by atoms with Crippen molar-refractivity contribution in [3.63, 3.8) is 0 Å². The van der Waals surface area contributed by atoms with E-state index in [1.165, 1.54) is 12.8 Å². The maximum atomic E-state index is 12.6. The maximum Gasteiger partial charge on any atom is 0.412 e. The molecule has 190 valence electrons. The van der Waals surface area contributed by atoms with Gasteiger partial charge in [-0.05, 0) is 81.0 Å². The molecule has 0 radical (unpaired) electrons. The fourth-order valence-electron chi connectivity index (χ4n) is 4.36. The fraction of sp³-hybridized carbons (Fsp3) is 0.517. The molecule has 0 bridgehead atoms. The van der Waals surface area contributed by atoms with Gasteiger partial charge in [0.25, 0.3) is 0 Å². The molecule has 1 aliphatic rings. The van der Waals surface area contributed by atoms with E-state index in [2.05, 4.69) is 44.3 Å². The second-order valence-corrected chi connectivity index (χ2v) is 11.1. The zero-order chi connectivity index (χ0) is 26.0. The summed E-state index contributed by atoms with van der Waals surface area (Å²) in [7, 11) is 0. The molecular formula is C29H39NO5.